The maximum Gasteiger partial charge on any atom is 0.254 e. The highest BCUT2D eigenvalue weighted by atomic mass is 32.1. The van der Waals surface area contributed by atoms with Crippen LogP contribution in [0.15, 0.2) is 35.2 Å². The summed E-state index contributed by atoms with van der Waals surface area (Å²) in [6, 6.07) is 7.13. The van der Waals surface area contributed by atoms with Crippen molar-refractivity contribution in [3.63, 3.8) is 0 Å². The van der Waals surface area contributed by atoms with E-state index in [1.807, 2.05) is 16.8 Å². The van der Waals surface area contributed by atoms with Gasteiger partial charge in [-0.1, -0.05) is 0 Å². The minimum atomic E-state index is -0.0750. The summed E-state index contributed by atoms with van der Waals surface area (Å²) in [5.74, 6) is 0.477. The molecule has 2 aromatic rings. The van der Waals surface area contributed by atoms with Gasteiger partial charge in [-0.2, -0.15) is 16.6 Å². The Balaban J connectivity index is 1.62. The smallest absolute Gasteiger partial charge is 0.254 e. The van der Waals surface area contributed by atoms with Crippen molar-refractivity contribution in [1.82, 2.24) is 9.88 Å². The molecular formula is C15H13N3O2S. The molecule has 1 aliphatic rings. The van der Waals surface area contributed by atoms with Gasteiger partial charge in [0.25, 0.3) is 5.91 Å². The van der Waals surface area contributed by atoms with E-state index in [9.17, 15) is 4.79 Å². The second kappa shape index (κ2) is 5.94. The fourth-order valence-electron chi connectivity index (χ4n) is 2.29. The first-order chi connectivity index (χ1) is 10.3. The molecule has 0 aliphatic carbocycles. The van der Waals surface area contributed by atoms with E-state index < -0.39 is 0 Å². The number of nitriles is 1. The maximum absolute atomic E-state index is 12.2. The third-order valence-electron chi connectivity index (χ3n) is 3.35. The molecule has 5 nitrogen and oxygen atoms in total. The van der Waals surface area contributed by atoms with Crippen LogP contribution < -0.4 is 4.74 Å². The molecule has 3 rings (SSSR count). The van der Waals surface area contributed by atoms with Gasteiger partial charge in [0, 0.05) is 30.6 Å². The van der Waals surface area contributed by atoms with Gasteiger partial charge in [-0.05, 0) is 17.5 Å². The quantitative estimate of drug-likeness (QED) is 0.872. The monoisotopic (exact) mass is 299 g/mol. The average molecular weight is 299 g/mol. The molecule has 1 aliphatic heterocycles. The number of nitrogens with zero attached hydrogens (tertiary/aromatic N) is 3. The highest BCUT2D eigenvalue weighted by Crippen LogP contribution is 2.19. The van der Waals surface area contributed by atoms with Gasteiger partial charge in [0.05, 0.1) is 23.7 Å². The predicted molar refractivity (Wildman–Crippen MR) is 78.2 cm³/mol. The largest absolute Gasteiger partial charge is 0.472 e. The van der Waals surface area contributed by atoms with Crippen LogP contribution in [0.1, 0.15) is 22.3 Å². The number of ether oxygens (including phenoxy) is 1. The summed E-state index contributed by atoms with van der Waals surface area (Å²) in [7, 11) is 0. The third-order valence-corrected chi connectivity index (χ3v) is 4.03. The van der Waals surface area contributed by atoms with Crippen molar-refractivity contribution < 1.29 is 9.53 Å². The van der Waals surface area contributed by atoms with Gasteiger partial charge in [0.1, 0.15) is 6.10 Å². The van der Waals surface area contributed by atoms with Crippen molar-refractivity contribution in [3.05, 3.63) is 46.3 Å². The first-order valence-corrected chi connectivity index (χ1v) is 7.55. The van der Waals surface area contributed by atoms with Gasteiger partial charge >= 0.3 is 0 Å². The van der Waals surface area contributed by atoms with E-state index in [0.717, 1.165) is 12.0 Å². The van der Waals surface area contributed by atoms with Crippen LogP contribution in [-0.4, -0.2) is 35.0 Å². The third kappa shape index (κ3) is 3.03. The molecule has 1 saturated heterocycles. The molecule has 3 heterocycles. The number of rotatable bonds is 3. The first-order valence-electron chi connectivity index (χ1n) is 6.60. The normalized spacial score (nSPS) is 17.5. The second-order valence-corrected chi connectivity index (χ2v) is 5.57. The van der Waals surface area contributed by atoms with E-state index >= 15 is 0 Å². The number of hydrogen-bond donors (Lipinski definition) is 0. The van der Waals surface area contributed by atoms with E-state index in [0.29, 0.717) is 24.5 Å². The molecule has 0 saturated carbocycles. The molecular weight excluding hydrogens is 286 g/mol. The van der Waals surface area contributed by atoms with Crippen LogP contribution in [0.25, 0.3) is 0 Å². The number of pyridine rings is 1. The molecule has 6 heteroatoms. The van der Waals surface area contributed by atoms with Gasteiger partial charge in [-0.15, -0.1) is 0 Å². The summed E-state index contributed by atoms with van der Waals surface area (Å²) >= 11 is 1.51. The van der Waals surface area contributed by atoms with Crippen molar-refractivity contribution in [1.29, 1.82) is 5.26 Å². The summed E-state index contributed by atoms with van der Waals surface area (Å²) < 4.78 is 5.76. The van der Waals surface area contributed by atoms with Crippen LogP contribution in [0.3, 0.4) is 0 Å². The zero-order valence-corrected chi connectivity index (χ0v) is 12.0. The Bertz CT molecular complexity index is 678. The Hall–Kier alpha value is -2.39. The molecule has 1 unspecified atom stereocenters. The molecule has 1 amide bonds. The highest BCUT2D eigenvalue weighted by Gasteiger charge is 2.28. The number of hydrogen-bond acceptors (Lipinski definition) is 5. The van der Waals surface area contributed by atoms with Crippen molar-refractivity contribution in [2.45, 2.75) is 12.5 Å². The lowest BCUT2D eigenvalue weighted by Gasteiger charge is -2.16. The maximum atomic E-state index is 12.2. The van der Waals surface area contributed by atoms with E-state index in [2.05, 4.69) is 11.1 Å². The van der Waals surface area contributed by atoms with Crippen LogP contribution >= 0.6 is 11.3 Å². The molecule has 0 bridgehead atoms. The standard InChI is InChI=1S/C15H13N3O2S/c16-8-11-1-4-17-14(7-11)20-13-2-5-18(9-13)15(19)12-3-6-21-10-12/h1,3-4,6-7,10,13H,2,5,9H2. The molecule has 106 valence electrons. The van der Waals surface area contributed by atoms with Crippen molar-refractivity contribution in [2.24, 2.45) is 0 Å². The molecule has 0 radical (unpaired) electrons. The van der Waals surface area contributed by atoms with Gasteiger partial charge in [0.15, 0.2) is 0 Å². The zero-order valence-electron chi connectivity index (χ0n) is 11.2. The van der Waals surface area contributed by atoms with Gasteiger partial charge in [-0.25, -0.2) is 4.98 Å². The van der Waals surface area contributed by atoms with Crippen molar-refractivity contribution >= 4 is 17.2 Å². The lowest BCUT2D eigenvalue weighted by molar-refractivity contribution is 0.0771. The number of thiophene rings is 1. The van der Waals surface area contributed by atoms with Crippen LogP contribution in [-0.2, 0) is 0 Å². The lowest BCUT2D eigenvalue weighted by atomic mass is 10.3. The topological polar surface area (TPSA) is 66.2 Å². The molecule has 2 aromatic heterocycles. The summed E-state index contributed by atoms with van der Waals surface area (Å²) in [6.07, 6.45) is 2.25. The predicted octanol–water partition coefficient (Wildman–Crippen LogP) is 2.31. The number of carbonyl (C=O) groups is 1. The van der Waals surface area contributed by atoms with E-state index in [1.165, 1.54) is 11.3 Å². The van der Waals surface area contributed by atoms with Crippen LogP contribution in [0.2, 0.25) is 0 Å². The van der Waals surface area contributed by atoms with Crippen molar-refractivity contribution in [2.75, 3.05) is 13.1 Å². The number of likely N-dealkylation sites (tertiary alicyclic amines) is 1. The van der Waals surface area contributed by atoms with Gasteiger partial charge in [0.2, 0.25) is 5.88 Å². The minimum absolute atomic E-state index is 0.0427. The number of amides is 1. The van der Waals surface area contributed by atoms with Crippen LogP contribution in [0.4, 0.5) is 0 Å². The fraction of sp³-hybridized carbons (Fsp3) is 0.267. The molecule has 0 N–H and O–H groups in total. The molecule has 1 fully saturated rings. The highest BCUT2D eigenvalue weighted by molar-refractivity contribution is 7.08. The molecule has 1 atom stereocenters. The van der Waals surface area contributed by atoms with Crippen LogP contribution in [0, 0.1) is 11.3 Å². The zero-order chi connectivity index (χ0) is 14.7. The van der Waals surface area contributed by atoms with Gasteiger partial charge in [-0.3, -0.25) is 4.79 Å². The second-order valence-electron chi connectivity index (χ2n) is 4.79. The Morgan fingerprint density at radius 3 is 3.19 bits per heavy atom. The van der Waals surface area contributed by atoms with Gasteiger partial charge < -0.3 is 9.64 Å². The van der Waals surface area contributed by atoms with E-state index in [1.54, 1.807) is 23.2 Å². The summed E-state index contributed by atoms with van der Waals surface area (Å²) in [5.41, 5.74) is 1.24. The summed E-state index contributed by atoms with van der Waals surface area (Å²) in [4.78, 5) is 18.1. The lowest BCUT2D eigenvalue weighted by Crippen LogP contribution is -2.30. The summed E-state index contributed by atoms with van der Waals surface area (Å²) in [5, 5.41) is 12.6. The van der Waals surface area contributed by atoms with Crippen molar-refractivity contribution in [3.8, 4) is 11.9 Å². The molecule has 21 heavy (non-hydrogen) atoms. The number of aromatic nitrogens is 1. The Morgan fingerprint density at radius 1 is 1.52 bits per heavy atom. The average Bonchev–Trinajstić information content (AvgIpc) is 3.18. The van der Waals surface area contributed by atoms with E-state index in [4.69, 9.17) is 10.00 Å². The minimum Gasteiger partial charge on any atom is -0.472 e. The van der Waals surface area contributed by atoms with Crippen LogP contribution in [0.5, 0.6) is 5.88 Å². The fourth-order valence-corrected chi connectivity index (χ4v) is 2.92. The number of carbonyl (C=O) groups excluding carboxylic acids is 1. The molecule has 0 aromatic carbocycles. The SMILES string of the molecule is N#Cc1ccnc(OC2CCN(C(=O)c3ccsc3)C2)c1. The Morgan fingerprint density at radius 2 is 2.43 bits per heavy atom. The Kier molecular flexibility index (Phi) is 3.84. The first kappa shape index (κ1) is 13.6. The Labute approximate surface area is 126 Å². The molecule has 0 spiro atoms. The summed E-state index contributed by atoms with van der Waals surface area (Å²) in [6.45, 7) is 1.23. The van der Waals surface area contributed by atoms with E-state index in [-0.39, 0.29) is 12.0 Å².